The van der Waals surface area contributed by atoms with E-state index in [0.29, 0.717) is 5.56 Å². The summed E-state index contributed by atoms with van der Waals surface area (Å²) in [7, 11) is 1.99. The summed E-state index contributed by atoms with van der Waals surface area (Å²) in [5.74, 6) is 0.924. The molecule has 0 N–H and O–H groups in total. The second kappa shape index (κ2) is 4.97. The molecule has 2 aromatic rings. The van der Waals surface area contributed by atoms with E-state index < -0.39 is 0 Å². The van der Waals surface area contributed by atoms with Crippen molar-refractivity contribution in [3.8, 4) is 6.07 Å². The van der Waals surface area contributed by atoms with Gasteiger partial charge in [-0.3, -0.25) is 0 Å². The van der Waals surface area contributed by atoms with Crippen molar-refractivity contribution in [3.05, 3.63) is 53.0 Å². The average Bonchev–Trinajstić information content (AvgIpc) is 2.75. The van der Waals surface area contributed by atoms with Crippen molar-refractivity contribution in [1.82, 2.24) is 0 Å². The molecule has 0 aliphatic rings. The van der Waals surface area contributed by atoms with Crippen LogP contribution in [0.5, 0.6) is 0 Å². The Balaban J connectivity index is 2.29. The third kappa shape index (κ3) is 2.38. The van der Waals surface area contributed by atoms with E-state index in [0.717, 1.165) is 29.1 Å². The van der Waals surface area contributed by atoms with Crippen molar-refractivity contribution >= 4 is 5.69 Å². The second-order valence-corrected chi connectivity index (χ2v) is 4.49. The van der Waals surface area contributed by atoms with Gasteiger partial charge in [-0.1, -0.05) is 6.07 Å². The quantitative estimate of drug-likeness (QED) is 0.825. The molecule has 0 aliphatic heterocycles. The number of hydrogen-bond donors (Lipinski definition) is 0. The van der Waals surface area contributed by atoms with Crippen LogP contribution in [-0.2, 0) is 6.54 Å². The standard InChI is InChI=1S/C15H16N2O/c1-11-4-5-13(9-16)15(8-11)17(3)10-14-6-7-18-12(14)2/h4-8H,10H2,1-3H3. The van der Waals surface area contributed by atoms with Crippen molar-refractivity contribution in [3.63, 3.8) is 0 Å². The molecule has 3 nitrogen and oxygen atoms in total. The first-order chi connectivity index (χ1) is 8.61. The molecule has 3 heteroatoms. The molecule has 0 saturated heterocycles. The number of nitrogens with zero attached hydrogens (tertiary/aromatic N) is 2. The summed E-state index contributed by atoms with van der Waals surface area (Å²) in [5, 5.41) is 9.14. The molecule has 2 rings (SSSR count). The van der Waals surface area contributed by atoms with Crippen molar-refractivity contribution in [2.45, 2.75) is 20.4 Å². The minimum Gasteiger partial charge on any atom is -0.469 e. The smallest absolute Gasteiger partial charge is 0.105 e. The zero-order valence-electron chi connectivity index (χ0n) is 10.9. The summed E-state index contributed by atoms with van der Waals surface area (Å²) in [4.78, 5) is 2.07. The Bertz CT molecular complexity index is 593. The summed E-state index contributed by atoms with van der Waals surface area (Å²) < 4.78 is 5.29. The van der Waals surface area contributed by atoms with Crippen LogP contribution in [0.15, 0.2) is 34.9 Å². The van der Waals surface area contributed by atoms with Gasteiger partial charge in [0.05, 0.1) is 17.5 Å². The molecule has 18 heavy (non-hydrogen) atoms. The summed E-state index contributed by atoms with van der Waals surface area (Å²) in [6.07, 6.45) is 1.69. The van der Waals surface area contributed by atoms with Crippen molar-refractivity contribution < 1.29 is 4.42 Å². The van der Waals surface area contributed by atoms with Crippen LogP contribution < -0.4 is 4.90 Å². The summed E-state index contributed by atoms with van der Waals surface area (Å²) in [5.41, 5.74) is 3.95. The van der Waals surface area contributed by atoms with Gasteiger partial charge in [-0.05, 0) is 37.6 Å². The Hall–Kier alpha value is -2.21. The van der Waals surface area contributed by atoms with E-state index in [-0.39, 0.29) is 0 Å². The fourth-order valence-corrected chi connectivity index (χ4v) is 1.97. The SMILES string of the molecule is Cc1ccc(C#N)c(N(C)Cc2ccoc2C)c1. The predicted octanol–water partition coefficient (Wildman–Crippen LogP) is 3.40. The monoisotopic (exact) mass is 240 g/mol. The maximum absolute atomic E-state index is 9.14. The van der Waals surface area contributed by atoms with Crippen LogP contribution >= 0.6 is 0 Å². The van der Waals surface area contributed by atoms with Gasteiger partial charge in [0, 0.05) is 19.2 Å². The predicted molar refractivity (Wildman–Crippen MR) is 71.4 cm³/mol. The van der Waals surface area contributed by atoms with Gasteiger partial charge in [-0.2, -0.15) is 5.26 Å². The molecule has 0 fully saturated rings. The van der Waals surface area contributed by atoms with Gasteiger partial charge in [0.2, 0.25) is 0 Å². The Morgan fingerprint density at radius 2 is 2.06 bits per heavy atom. The van der Waals surface area contributed by atoms with Crippen molar-refractivity contribution in [2.24, 2.45) is 0 Å². The van der Waals surface area contributed by atoms with Crippen LogP contribution in [-0.4, -0.2) is 7.05 Å². The highest BCUT2D eigenvalue weighted by Gasteiger charge is 2.10. The molecule has 0 spiro atoms. The molecule has 0 unspecified atom stereocenters. The van der Waals surface area contributed by atoms with Crippen molar-refractivity contribution in [2.75, 3.05) is 11.9 Å². The maximum Gasteiger partial charge on any atom is 0.105 e. The fourth-order valence-electron chi connectivity index (χ4n) is 1.97. The lowest BCUT2D eigenvalue weighted by Gasteiger charge is -2.20. The highest BCUT2D eigenvalue weighted by atomic mass is 16.3. The van der Waals surface area contributed by atoms with E-state index in [1.54, 1.807) is 6.26 Å². The summed E-state index contributed by atoms with van der Waals surface area (Å²) >= 11 is 0. The Morgan fingerprint density at radius 3 is 2.67 bits per heavy atom. The average molecular weight is 240 g/mol. The zero-order chi connectivity index (χ0) is 13.1. The van der Waals surface area contributed by atoms with Crippen LogP contribution in [0.3, 0.4) is 0 Å². The number of nitriles is 1. The molecular formula is C15H16N2O. The van der Waals surface area contributed by atoms with E-state index in [4.69, 9.17) is 9.68 Å². The first-order valence-corrected chi connectivity index (χ1v) is 5.86. The molecule has 1 aromatic heterocycles. The molecule has 0 bridgehead atoms. The molecule has 0 atom stereocenters. The lowest BCUT2D eigenvalue weighted by atomic mass is 10.1. The first kappa shape index (κ1) is 12.3. The Kier molecular flexibility index (Phi) is 3.38. The number of aryl methyl sites for hydroxylation is 2. The number of rotatable bonds is 3. The van der Waals surface area contributed by atoms with Gasteiger partial charge in [-0.15, -0.1) is 0 Å². The van der Waals surface area contributed by atoms with Gasteiger partial charge < -0.3 is 9.32 Å². The molecule has 0 aliphatic carbocycles. The van der Waals surface area contributed by atoms with Gasteiger partial charge >= 0.3 is 0 Å². The summed E-state index contributed by atoms with van der Waals surface area (Å²) in [6, 6.07) is 10.1. The third-order valence-corrected chi connectivity index (χ3v) is 3.06. The summed E-state index contributed by atoms with van der Waals surface area (Å²) in [6.45, 7) is 4.71. The molecule has 0 radical (unpaired) electrons. The van der Waals surface area contributed by atoms with Gasteiger partial charge in [0.25, 0.3) is 0 Å². The topological polar surface area (TPSA) is 40.2 Å². The molecule has 0 saturated carbocycles. The van der Waals surface area contributed by atoms with E-state index >= 15 is 0 Å². The fraction of sp³-hybridized carbons (Fsp3) is 0.267. The number of benzene rings is 1. The third-order valence-electron chi connectivity index (χ3n) is 3.06. The largest absolute Gasteiger partial charge is 0.469 e. The van der Waals surface area contributed by atoms with Crippen LogP contribution in [0.1, 0.15) is 22.5 Å². The van der Waals surface area contributed by atoms with Crippen LogP contribution in [0, 0.1) is 25.2 Å². The number of furan rings is 1. The first-order valence-electron chi connectivity index (χ1n) is 5.86. The molecule has 1 heterocycles. The van der Waals surface area contributed by atoms with Gasteiger partial charge in [0.15, 0.2) is 0 Å². The van der Waals surface area contributed by atoms with Crippen LogP contribution in [0.4, 0.5) is 5.69 Å². The highest BCUT2D eigenvalue weighted by molar-refractivity contribution is 5.60. The van der Waals surface area contributed by atoms with Crippen LogP contribution in [0.25, 0.3) is 0 Å². The highest BCUT2D eigenvalue weighted by Crippen LogP contribution is 2.23. The molecule has 1 aromatic carbocycles. The maximum atomic E-state index is 9.14. The number of hydrogen-bond acceptors (Lipinski definition) is 3. The van der Waals surface area contributed by atoms with Gasteiger partial charge in [-0.25, -0.2) is 0 Å². The normalized spacial score (nSPS) is 10.1. The van der Waals surface area contributed by atoms with Crippen molar-refractivity contribution in [1.29, 1.82) is 5.26 Å². The molecule has 92 valence electrons. The van der Waals surface area contributed by atoms with Gasteiger partial charge in [0.1, 0.15) is 11.8 Å². The lowest BCUT2D eigenvalue weighted by Crippen LogP contribution is -2.17. The van der Waals surface area contributed by atoms with E-state index in [2.05, 4.69) is 11.0 Å². The minimum absolute atomic E-state index is 0.698. The van der Waals surface area contributed by atoms with E-state index in [1.165, 1.54) is 0 Å². The van der Waals surface area contributed by atoms with E-state index in [1.807, 2.05) is 45.2 Å². The molecule has 0 amide bonds. The number of anilines is 1. The zero-order valence-corrected chi connectivity index (χ0v) is 10.9. The lowest BCUT2D eigenvalue weighted by molar-refractivity contribution is 0.529. The van der Waals surface area contributed by atoms with Crippen LogP contribution in [0.2, 0.25) is 0 Å². The Labute approximate surface area is 107 Å². The second-order valence-electron chi connectivity index (χ2n) is 4.49. The Morgan fingerprint density at radius 1 is 1.28 bits per heavy atom. The molecular weight excluding hydrogens is 224 g/mol. The van der Waals surface area contributed by atoms with E-state index in [9.17, 15) is 0 Å². The minimum atomic E-state index is 0.698.